The fraction of sp³-hybridized carbons (Fsp3) is 0.154. The van der Waals surface area contributed by atoms with E-state index >= 15 is 0 Å². The van der Waals surface area contributed by atoms with Gasteiger partial charge < -0.3 is 4.74 Å². The van der Waals surface area contributed by atoms with Crippen LogP contribution < -0.4 is 10.3 Å². The van der Waals surface area contributed by atoms with Gasteiger partial charge in [0, 0.05) is 17.8 Å². The molecule has 0 amide bonds. The first-order valence-corrected chi connectivity index (χ1v) is 5.05. The van der Waals surface area contributed by atoms with E-state index in [9.17, 15) is 4.79 Å². The fourth-order valence-corrected chi connectivity index (χ4v) is 1.57. The Balaban J connectivity index is 2.59. The van der Waals surface area contributed by atoms with E-state index in [0.717, 1.165) is 17.0 Å². The van der Waals surface area contributed by atoms with Crippen molar-refractivity contribution in [3.05, 3.63) is 58.5 Å². The number of benzene rings is 1. The lowest BCUT2D eigenvalue weighted by Gasteiger charge is -2.07. The average Bonchev–Trinajstić information content (AvgIpc) is 2.33. The van der Waals surface area contributed by atoms with Gasteiger partial charge in [-0.15, -0.1) is 0 Å². The molecule has 0 unspecified atom stereocenters. The molecule has 0 saturated carbocycles. The van der Waals surface area contributed by atoms with Gasteiger partial charge in [0.1, 0.15) is 5.75 Å². The van der Waals surface area contributed by atoms with Crippen molar-refractivity contribution in [2.75, 3.05) is 7.11 Å². The molecular formula is C13H13NO2. The monoisotopic (exact) mass is 215 g/mol. The summed E-state index contributed by atoms with van der Waals surface area (Å²) in [4.78, 5) is 11.9. The Morgan fingerprint density at radius 3 is 2.75 bits per heavy atom. The zero-order chi connectivity index (χ0) is 11.5. The van der Waals surface area contributed by atoms with Gasteiger partial charge in [0.05, 0.1) is 12.8 Å². The highest BCUT2D eigenvalue weighted by molar-refractivity contribution is 5.39. The lowest BCUT2D eigenvalue weighted by atomic mass is 10.2. The van der Waals surface area contributed by atoms with Gasteiger partial charge >= 0.3 is 0 Å². The van der Waals surface area contributed by atoms with Crippen LogP contribution in [0.1, 0.15) is 5.56 Å². The first-order chi connectivity index (χ1) is 7.72. The number of methoxy groups -OCH3 is 1. The Morgan fingerprint density at radius 1 is 1.19 bits per heavy atom. The lowest BCUT2D eigenvalue weighted by Crippen LogP contribution is -2.19. The molecule has 0 bridgehead atoms. The average molecular weight is 215 g/mol. The Morgan fingerprint density at radius 2 is 2.00 bits per heavy atom. The maximum atomic E-state index is 11.9. The summed E-state index contributed by atoms with van der Waals surface area (Å²) in [5, 5.41) is 0. The Labute approximate surface area is 93.9 Å². The topological polar surface area (TPSA) is 31.2 Å². The smallest absolute Gasteiger partial charge is 0.257 e. The van der Waals surface area contributed by atoms with Crippen LogP contribution in [0.25, 0.3) is 5.69 Å². The maximum absolute atomic E-state index is 11.9. The largest absolute Gasteiger partial charge is 0.497 e. The summed E-state index contributed by atoms with van der Waals surface area (Å²) in [6, 6.07) is 11.1. The molecule has 1 heterocycles. The molecule has 2 aromatic rings. The van der Waals surface area contributed by atoms with Crippen molar-refractivity contribution in [3.63, 3.8) is 0 Å². The summed E-state index contributed by atoms with van der Waals surface area (Å²) in [5.74, 6) is 0.742. The van der Waals surface area contributed by atoms with Crippen molar-refractivity contribution in [1.29, 1.82) is 0 Å². The second kappa shape index (κ2) is 4.23. The highest BCUT2D eigenvalue weighted by Crippen LogP contribution is 2.14. The third-order valence-corrected chi connectivity index (χ3v) is 2.47. The Bertz CT molecular complexity index is 558. The molecule has 82 valence electrons. The van der Waals surface area contributed by atoms with E-state index in [4.69, 9.17) is 4.74 Å². The van der Waals surface area contributed by atoms with Gasteiger partial charge in [0.25, 0.3) is 5.56 Å². The molecule has 1 aromatic carbocycles. The van der Waals surface area contributed by atoms with Crippen LogP contribution in [-0.4, -0.2) is 11.7 Å². The van der Waals surface area contributed by atoms with Crippen molar-refractivity contribution in [2.45, 2.75) is 6.92 Å². The van der Waals surface area contributed by atoms with Gasteiger partial charge in [-0.05, 0) is 25.1 Å². The predicted octanol–water partition coefficient (Wildman–Crippen LogP) is 2.15. The number of aromatic nitrogens is 1. The van der Waals surface area contributed by atoms with E-state index in [0.29, 0.717) is 0 Å². The molecule has 16 heavy (non-hydrogen) atoms. The van der Waals surface area contributed by atoms with Crippen molar-refractivity contribution >= 4 is 0 Å². The van der Waals surface area contributed by atoms with Crippen LogP contribution in [0.5, 0.6) is 5.75 Å². The van der Waals surface area contributed by atoms with Crippen LogP contribution in [0.3, 0.4) is 0 Å². The molecule has 0 spiro atoms. The first-order valence-electron chi connectivity index (χ1n) is 5.05. The van der Waals surface area contributed by atoms with Crippen LogP contribution in [-0.2, 0) is 0 Å². The minimum absolute atomic E-state index is 0.00393. The van der Waals surface area contributed by atoms with Crippen molar-refractivity contribution in [2.24, 2.45) is 0 Å². The fourth-order valence-electron chi connectivity index (χ4n) is 1.57. The summed E-state index contributed by atoms with van der Waals surface area (Å²) in [7, 11) is 1.61. The Hall–Kier alpha value is -2.03. The lowest BCUT2D eigenvalue weighted by molar-refractivity contribution is 0.414. The van der Waals surface area contributed by atoms with E-state index in [-0.39, 0.29) is 5.56 Å². The SMILES string of the molecule is COc1cccc(-n2cccc(C)c2=O)c1. The molecule has 0 saturated heterocycles. The second-order valence-corrected chi connectivity index (χ2v) is 3.57. The van der Waals surface area contributed by atoms with Gasteiger partial charge in [-0.2, -0.15) is 0 Å². The van der Waals surface area contributed by atoms with Crippen LogP contribution in [0, 0.1) is 6.92 Å². The quantitative estimate of drug-likeness (QED) is 0.768. The Kier molecular flexibility index (Phi) is 2.77. The van der Waals surface area contributed by atoms with Crippen LogP contribution in [0.2, 0.25) is 0 Å². The molecule has 0 atom stereocenters. The van der Waals surface area contributed by atoms with Crippen LogP contribution >= 0.6 is 0 Å². The number of hydrogen-bond acceptors (Lipinski definition) is 2. The zero-order valence-corrected chi connectivity index (χ0v) is 9.31. The van der Waals surface area contributed by atoms with Gasteiger partial charge in [-0.25, -0.2) is 0 Å². The molecule has 3 heteroatoms. The molecular weight excluding hydrogens is 202 g/mol. The molecule has 2 rings (SSSR count). The number of aryl methyl sites for hydroxylation is 1. The minimum Gasteiger partial charge on any atom is -0.497 e. The molecule has 0 aliphatic rings. The summed E-state index contributed by atoms with van der Waals surface area (Å²) >= 11 is 0. The van der Waals surface area contributed by atoms with Crippen LogP contribution in [0.15, 0.2) is 47.4 Å². The summed E-state index contributed by atoms with van der Waals surface area (Å²) < 4.78 is 6.74. The molecule has 1 aromatic heterocycles. The standard InChI is InChI=1S/C13H13NO2/c1-10-5-4-8-14(13(10)15)11-6-3-7-12(9-11)16-2/h3-9H,1-2H3. The first kappa shape index (κ1) is 10.5. The molecule has 0 radical (unpaired) electrons. The van der Waals surface area contributed by atoms with Crippen molar-refractivity contribution in [3.8, 4) is 11.4 Å². The van der Waals surface area contributed by atoms with Gasteiger partial charge in [-0.3, -0.25) is 9.36 Å². The number of hydrogen-bond donors (Lipinski definition) is 0. The molecule has 0 aliphatic carbocycles. The van der Waals surface area contributed by atoms with Gasteiger partial charge in [0.15, 0.2) is 0 Å². The number of ether oxygens (including phenoxy) is 1. The van der Waals surface area contributed by atoms with E-state index in [1.165, 1.54) is 0 Å². The van der Waals surface area contributed by atoms with Gasteiger partial charge in [0.2, 0.25) is 0 Å². The number of pyridine rings is 1. The minimum atomic E-state index is -0.00393. The van der Waals surface area contributed by atoms with Crippen molar-refractivity contribution in [1.82, 2.24) is 4.57 Å². The van der Waals surface area contributed by atoms with E-state index in [1.54, 1.807) is 30.9 Å². The van der Waals surface area contributed by atoms with Crippen molar-refractivity contribution < 1.29 is 4.74 Å². The molecule has 0 N–H and O–H groups in total. The molecule has 0 aliphatic heterocycles. The zero-order valence-electron chi connectivity index (χ0n) is 9.31. The van der Waals surface area contributed by atoms with E-state index < -0.39 is 0 Å². The van der Waals surface area contributed by atoms with Crippen LogP contribution in [0.4, 0.5) is 0 Å². The number of rotatable bonds is 2. The highest BCUT2D eigenvalue weighted by atomic mass is 16.5. The summed E-state index contributed by atoms with van der Waals surface area (Å²) in [6.45, 7) is 1.80. The maximum Gasteiger partial charge on any atom is 0.257 e. The molecule has 3 nitrogen and oxygen atoms in total. The number of nitrogens with zero attached hydrogens (tertiary/aromatic N) is 1. The van der Waals surface area contributed by atoms with E-state index in [1.807, 2.05) is 30.3 Å². The van der Waals surface area contributed by atoms with Gasteiger partial charge in [-0.1, -0.05) is 12.1 Å². The second-order valence-electron chi connectivity index (χ2n) is 3.57. The highest BCUT2D eigenvalue weighted by Gasteiger charge is 2.02. The summed E-state index contributed by atoms with van der Waals surface area (Å²) in [6.07, 6.45) is 1.75. The third kappa shape index (κ3) is 1.84. The molecule has 0 fully saturated rings. The third-order valence-electron chi connectivity index (χ3n) is 2.47. The predicted molar refractivity (Wildman–Crippen MR) is 63.3 cm³/mol. The normalized spacial score (nSPS) is 10.1. The van der Waals surface area contributed by atoms with E-state index in [2.05, 4.69) is 0 Å². The summed E-state index contributed by atoms with van der Waals surface area (Å²) in [5.41, 5.74) is 1.54.